The average molecular weight is 303 g/mol. The van der Waals surface area contributed by atoms with Crippen LogP contribution in [0, 0.1) is 5.92 Å². The molecule has 3 N–H and O–H groups in total. The van der Waals surface area contributed by atoms with E-state index in [4.69, 9.17) is 0 Å². The molecule has 0 aliphatic heterocycles. The molecule has 1 aromatic carbocycles. The summed E-state index contributed by atoms with van der Waals surface area (Å²) >= 11 is 0. The summed E-state index contributed by atoms with van der Waals surface area (Å²) in [5.41, 5.74) is 1.47. The molecule has 0 atom stereocenters. The molecular formula is C17H25N3O2. The van der Waals surface area contributed by atoms with Gasteiger partial charge in [0.2, 0.25) is 5.91 Å². The third-order valence-electron chi connectivity index (χ3n) is 3.81. The van der Waals surface area contributed by atoms with Crippen LogP contribution in [0.4, 0.5) is 16.2 Å². The Morgan fingerprint density at radius 1 is 0.955 bits per heavy atom. The first-order valence-corrected chi connectivity index (χ1v) is 8.03. The fourth-order valence-electron chi connectivity index (χ4n) is 2.68. The van der Waals surface area contributed by atoms with E-state index < -0.39 is 0 Å². The molecule has 2 rings (SSSR count). The summed E-state index contributed by atoms with van der Waals surface area (Å²) in [5.74, 6) is 0.251. The third kappa shape index (κ3) is 5.06. The SMILES string of the molecule is CC(C)NC(=O)Nc1ccc(NC(=O)C2CCCCC2)cc1. The number of hydrogen-bond acceptors (Lipinski definition) is 2. The van der Waals surface area contributed by atoms with Gasteiger partial charge >= 0.3 is 6.03 Å². The molecule has 5 heteroatoms. The van der Waals surface area contributed by atoms with Gasteiger partial charge < -0.3 is 16.0 Å². The number of hydrogen-bond donors (Lipinski definition) is 3. The molecule has 120 valence electrons. The highest BCUT2D eigenvalue weighted by Gasteiger charge is 2.20. The summed E-state index contributed by atoms with van der Waals surface area (Å²) < 4.78 is 0. The lowest BCUT2D eigenvalue weighted by Crippen LogP contribution is -2.34. The Kier molecular flexibility index (Phi) is 5.81. The van der Waals surface area contributed by atoms with Gasteiger partial charge in [0.1, 0.15) is 0 Å². The topological polar surface area (TPSA) is 70.2 Å². The molecule has 1 saturated carbocycles. The molecule has 3 amide bonds. The van der Waals surface area contributed by atoms with Gasteiger partial charge in [-0.15, -0.1) is 0 Å². The van der Waals surface area contributed by atoms with Gasteiger partial charge in [0.15, 0.2) is 0 Å². The number of amides is 3. The van der Waals surface area contributed by atoms with Crippen molar-refractivity contribution in [3.63, 3.8) is 0 Å². The van der Waals surface area contributed by atoms with Crippen molar-refractivity contribution in [1.29, 1.82) is 0 Å². The van der Waals surface area contributed by atoms with E-state index in [2.05, 4.69) is 16.0 Å². The van der Waals surface area contributed by atoms with E-state index in [1.54, 1.807) is 12.1 Å². The largest absolute Gasteiger partial charge is 0.336 e. The number of urea groups is 1. The summed E-state index contributed by atoms with van der Waals surface area (Å²) in [5, 5.41) is 8.47. The zero-order valence-corrected chi connectivity index (χ0v) is 13.3. The highest BCUT2D eigenvalue weighted by molar-refractivity contribution is 5.93. The number of anilines is 2. The lowest BCUT2D eigenvalue weighted by atomic mass is 9.88. The fraction of sp³-hybridized carbons (Fsp3) is 0.529. The Bertz CT molecular complexity index is 505. The molecule has 22 heavy (non-hydrogen) atoms. The quantitative estimate of drug-likeness (QED) is 0.793. The molecule has 0 unspecified atom stereocenters. The lowest BCUT2D eigenvalue weighted by molar-refractivity contribution is -0.120. The Hall–Kier alpha value is -2.04. The minimum absolute atomic E-state index is 0.0917. The molecule has 1 aliphatic carbocycles. The average Bonchev–Trinajstić information content (AvgIpc) is 2.49. The predicted octanol–water partition coefficient (Wildman–Crippen LogP) is 3.74. The van der Waals surface area contributed by atoms with Crippen LogP contribution in [0.15, 0.2) is 24.3 Å². The molecule has 1 aliphatic rings. The van der Waals surface area contributed by atoms with Gasteiger partial charge in [-0.3, -0.25) is 4.79 Å². The van der Waals surface area contributed by atoms with Gasteiger partial charge in [0, 0.05) is 23.3 Å². The molecule has 5 nitrogen and oxygen atoms in total. The Morgan fingerprint density at radius 3 is 2.05 bits per heavy atom. The maximum absolute atomic E-state index is 12.2. The normalized spacial score (nSPS) is 15.4. The van der Waals surface area contributed by atoms with Gasteiger partial charge in [-0.05, 0) is 51.0 Å². The molecular weight excluding hydrogens is 278 g/mol. The highest BCUT2D eigenvalue weighted by Crippen LogP contribution is 2.25. The molecule has 0 saturated heterocycles. The second-order valence-corrected chi connectivity index (χ2v) is 6.15. The maximum atomic E-state index is 12.2. The number of nitrogens with one attached hydrogen (secondary N) is 3. The minimum atomic E-state index is -0.228. The predicted molar refractivity (Wildman–Crippen MR) is 88.9 cm³/mol. The zero-order valence-electron chi connectivity index (χ0n) is 13.3. The molecule has 0 radical (unpaired) electrons. The van der Waals surface area contributed by atoms with Crippen molar-refractivity contribution in [2.45, 2.75) is 52.0 Å². The number of carbonyl (C=O) groups is 2. The van der Waals surface area contributed by atoms with Gasteiger partial charge in [0.05, 0.1) is 0 Å². The molecule has 0 spiro atoms. The molecule has 1 aromatic rings. The Morgan fingerprint density at radius 2 is 1.50 bits per heavy atom. The number of rotatable bonds is 4. The van der Waals surface area contributed by atoms with Crippen LogP contribution in [0.3, 0.4) is 0 Å². The van der Waals surface area contributed by atoms with E-state index in [-0.39, 0.29) is 23.9 Å². The fourth-order valence-corrected chi connectivity index (χ4v) is 2.68. The zero-order chi connectivity index (χ0) is 15.9. The third-order valence-corrected chi connectivity index (χ3v) is 3.81. The second-order valence-electron chi connectivity index (χ2n) is 6.15. The van der Waals surface area contributed by atoms with Gasteiger partial charge in [-0.25, -0.2) is 4.79 Å². The summed E-state index contributed by atoms with van der Waals surface area (Å²) in [6.07, 6.45) is 5.50. The smallest absolute Gasteiger partial charge is 0.319 e. The van der Waals surface area contributed by atoms with E-state index >= 15 is 0 Å². The first kappa shape index (κ1) is 16.3. The molecule has 0 bridgehead atoms. The van der Waals surface area contributed by atoms with Crippen molar-refractivity contribution in [3.8, 4) is 0 Å². The van der Waals surface area contributed by atoms with Crippen molar-refractivity contribution < 1.29 is 9.59 Å². The Labute approximate surface area is 131 Å². The van der Waals surface area contributed by atoms with Crippen molar-refractivity contribution in [3.05, 3.63) is 24.3 Å². The van der Waals surface area contributed by atoms with Crippen molar-refractivity contribution in [2.75, 3.05) is 10.6 Å². The van der Waals surface area contributed by atoms with Crippen LogP contribution in [-0.4, -0.2) is 18.0 Å². The molecule has 0 heterocycles. The maximum Gasteiger partial charge on any atom is 0.319 e. The van der Waals surface area contributed by atoms with E-state index in [0.29, 0.717) is 5.69 Å². The van der Waals surface area contributed by atoms with E-state index in [1.165, 1.54) is 6.42 Å². The van der Waals surface area contributed by atoms with Gasteiger partial charge in [-0.1, -0.05) is 19.3 Å². The van der Waals surface area contributed by atoms with Crippen LogP contribution in [-0.2, 0) is 4.79 Å². The van der Waals surface area contributed by atoms with E-state index in [1.807, 2.05) is 26.0 Å². The summed E-state index contributed by atoms with van der Waals surface area (Å²) in [6, 6.07) is 7.06. The van der Waals surface area contributed by atoms with E-state index in [9.17, 15) is 9.59 Å². The number of benzene rings is 1. The first-order valence-electron chi connectivity index (χ1n) is 8.03. The molecule has 1 fully saturated rings. The van der Waals surface area contributed by atoms with Crippen molar-refractivity contribution in [2.24, 2.45) is 5.92 Å². The highest BCUT2D eigenvalue weighted by atomic mass is 16.2. The second kappa shape index (κ2) is 7.82. The first-order chi connectivity index (χ1) is 10.5. The molecule has 0 aromatic heterocycles. The van der Waals surface area contributed by atoms with Crippen LogP contribution in [0.5, 0.6) is 0 Å². The summed E-state index contributed by atoms with van der Waals surface area (Å²) in [4.78, 5) is 23.8. The van der Waals surface area contributed by atoms with Gasteiger partial charge in [0.25, 0.3) is 0 Å². The Balaban J connectivity index is 1.86. The number of carbonyl (C=O) groups excluding carboxylic acids is 2. The minimum Gasteiger partial charge on any atom is -0.336 e. The van der Waals surface area contributed by atoms with Gasteiger partial charge in [-0.2, -0.15) is 0 Å². The van der Waals surface area contributed by atoms with Crippen LogP contribution in [0.25, 0.3) is 0 Å². The summed E-state index contributed by atoms with van der Waals surface area (Å²) in [6.45, 7) is 3.81. The monoisotopic (exact) mass is 303 g/mol. The standard InChI is InChI=1S/C17H25N3O2/c1-12(2)18-17(22)20-15-10-8-14(9-11-15)19-16(21)13-6-4-3-5-7-13/h8-13H,3-7H2,1-2H3,(H,19,21)(H2,18,20,22). The van der Waals surface area contributed by atoms with Crippen molar-refractivity contribution >= 4 is 23.3 Å². The summed E-state index contributed by atoms with van der Waals surface area (Å²) in [7, 11) is 0. The van der Waals surface area contributed by atoms with Crippen LogP contribution in [0.2, 0.25) is 0 Å². The van der Waals surface area contributed by atoms with Crippen LogP contribution >= 0.6 is 0 Å². The van der Waals surface area contributed by atoms with Crippen LogP contribution < -0.4 is 16.0 Å². The van der Waals surface area contributed by atoms with Crippen molar-refractivity contribution in [1.82, 2.24) is 5.32 Å². The van der Waals surface area contributed by atoms with E-state index in [0.717, 1.165) is 31.4 Å². The van der Waals surface area contributed by atoms with Crippen LogP contribution in [0.1, 0.15) is 46.0 Å². The lowest BCUT2D eigenvalue weighted by Gasteiger charge is -2.20.